The van der Waals surface area contributed by atoms with Gasteiger partial charge in [-0.3, -0.25) is 14.4 Å². The molecule has 164 valence electrons. The second-order valence-electron chi connectivity index (χ2n) is 7.85. The first-order chi connectivity index (χ1) is 13.4. The number of amides is 2. The van der Waals surface area contributed by atoms with E-state index in [1.54, 1.807) is 0 Å². The minimum absolute atomic E-state index is 0.0863. The van der Waals surface area contributed by atoms with E-state index in [4.69, 9.17) is 11.5 Å². The quantitative estimate of drug-likeness (QED) is 0.288. The molecule has 0 aromatic heterocycles. The van der Waals surface area contributed by atoms with E-state index in [1.807, 2.05) is 0 Å². The maximum atomic E-state index is 12.1. The van der Waals surface area contributed by atoms with E-state index in [9.17, 15) is 14.4 Å². The molecule has 2 amide bonds. The van der Waals surface area contributed by atoms with E-state index >= 15 is 0 Å². The largest absolute Gasteiger partial charge is 0.368 e. The summed E-state index contributed by atoms with van der Waals surface area (Å²) in [6.07, 6.45) is 13.3. The number of unbranched alkanes of at least 4 members (excludes halogenated alkanes) is 8. The molecule has 2 atom stereocenters. The van der Waals surface area contributed by atoms with E-state index < -0.39 is 18.0 Å². The second kappa shape index (κ2) is 17.7. The Balaban J connectivity index is 4.02. The number of nitrogens with one attached hydrogen (secondary N) is 1. The monoisotopic (exact) mass is 397 g/mol. The highest BCUT2D eigenvalue weighted by atomic mass is 16.2. The highest BCUT2D eigenvalue weighted by Crippen LogP contribution is 2.10. The summed E-state index contributed by atoms with van der Waals surface area (Å²) in [6.45, 7) is 4.31. The van der Waals surface area contributed by atoms with Crippen LogP contribution in [0.5, 0.6) is 0 Å². The number of carbonyl (C=O) groups excluding carboxylic acids is 3. The molecule has 0 bridgehead atoms. The number of rotatable bonds is 19. The van der Waals surface area contributed by atoms with Crippen LogP contribution in [-0.4, -0.2) is 29.7 Å². The Hall–Kier alpha value is -1.43. The number of hydrogen-bond donors (Lipinski definition) is 3. The summed E-state index contributed by atoms with van der Waals surface area (Å²) < 4.78 is 0. The number of ketones is 1. The van der Waals surface area contributed by atoms with Crippen LogP contribution in [0.3, 0.4) is 0 Å². The van der Waals surface area contributed by atoms with Gasteiger partial charge in [-0.2, -0.15) is 0 Å². The molecule has 0 aliphatic rings. The Labute approximate surface area is 171 Å². The van der Waals surface area contributed by atoms with Crippen molar-refractivity contribution in [2.75, 3.05) is 0 Å². The van der Waals surface area contributed by atoms with Gasteiger partial charge in [0.25, 0.3) is 0 Å². The molecule has 0 aliphatic carbocycles. The number of primary amides is 1. The predicted molar refractivity (Wildman–Crippen MR) is 115 cm³/mol. The Kier molecular flexibility index (Phi) is 16.8. The molecular weight excluding hydrogens is 354 g/mol. The molecule has 0 fully saturated rings. The summed E-state index contributed by atoms with van der Waals surface area (Å²) in [7, 11) is 0. The van der Waals surface area contributed by atoms with Gasteiger partial charge in [0.1, 0.15) is 11.8 Å². The van der Waals surface area contributed by atoms with E-state index in [2.05, 4.69) is 19.2 Å². The molecule has 0 radical (unpaired) electrons. The first-order valence-corrected chi connectivity index (χ1v) is 11.3. The van der Waals surface area contributed by atoms with Crippen molar-refractivity contribution in [3.05, 3.63) is 0 Å². The Morgan fingerprint density at radius 1 is 0.750 bits per heavy atom. The minimum atomic E-state index is -0.681. The van der Waals surface area contributed by atoms with Crippen LogP contribution in [-0.2, 0) is 14.4 Å². The third-order valence-electron chi connectivity index (χ3n) is 5.13. The molecule has 0 saturated carbocycles. The van der Waals surface area contributed by atoms with E-state index in [1.165, 1.54) is 25.7 Å². The van der Waals surface area contributed by atoms with Crippen LogP contribution < -0.4 is 16.8 Å². The fourth-order valence-electron chi connectivity index (χ4n) is 3.23. The zero-order valence-electron chi connectivity index (χ0n) is 18.1. The van der Waals surface area contributed by atoms with Crippen LogP contribution in [0.15, 0.2) is 0 Å². The van der Waals surface area contributed by atoms with Crippen molar-refractivity contribution >= 4 is 17.6 Å². The second-order valence-corrected chi connectivity index (χ2v) is 7.85. The van der Waals surface area contributed by atoms with Crippen molar-refractivity contribution < 1.29 is 14.4 Å². The predicted octanol–water partition coefficient (Wildman–Crippen LogP) is 3.74. The van der Waals surface area contributed by atoms with Crippen molar-refractivity contribution in [1.29, 1.82) is 0 Å². The summed E-state index contributed by atoms with van der Waals surface area (Å²) in [5.41, 5.74) is 11.4. The van der Waals surface area contributed by atoms with Crippen LogP contribution in [0.1, 0.15) is 110 Å². The highest BCUT2D eigenvalue weighted by Gasteiger charge is 2.19. The van der Waals surface area contributed by atoms with Gasteiger partial charge in [0.15, 0.2) is 0 Å². The molecule has 0 spiro atoms. The highest BCUT2D eigenvalue weighted by molar-refractivity contribution is 5.86. The van der Waals surface area contributed by atoms with Crippen LogP contribution in [0.25, 0.3) is 0 Å². The zero-order chi connectivity index (χ0) is 21.2. The molecule has 0 aromatic carbocycles. The lowest BCUT2D eigenvalue weighted by Crippen LogP contribution is -2.44. The Bertz CT molecular complexity index is 441. The maximum Gasteiger partial charge on any atom is 0.239 e. The van der Waals surface area contributed by atoms with Crippen LogP contribution in [0, 0.1) is 0 Å². The lowest BCUT2D eigenvalue weighted by atomic mass is 9.99. The SMILES string of the molecule is CCCCCCCC(=O)N[C@@H](CCCC(N)C(=O)CCCCCCC)C(N)=O. The molecular formula is C22H43N3O3. The van der Waals surface area contributed by atoms with Crippen LogP contribution in [0.4, 0.5) is 0 Å². The van der Waals surface area contributed by atoms with Crippen molar-refractivity contribution in [1.82, 2.24) is 5.32 Å². The van der Waals surface area contributed by atoms with Crippen molar-refractivity contribution in [3.8, 4) is 0 Å². The van der Waals surface area contributed by atoms with Crippen molar-refractivity contribution in [2.45, 2.75) is 122 Å². The number of carbonyl (C=O) groups is 3. The van der Waals surface area contributed by atoms with Crippen LogP contribution in [0.2, 0.25) is 0 Å². The third-order valence-corrected chi connectivity index (χ3v) is 5.13. The van der Waals surface area contributed by atoms with E-state index in [0.717, 1.165) is 38.5 Å². The number of Topliss-reactive ketones (excluding diaryl/α,β-unsaturated/α-hetero) is 1. The maximum absolute atomic E-state index is 12.1. The van der Waals surface area contributed by atoms with Gasteiger partial charge in [0.05, 0.1) is 6.04 Å². The first kappa shape index (κ1) is 26.6. The van der Waals surface area contributed by atoms with Gasteiger partial charge in [-0.05, 0) is 32.1 Å². The average molecular weight is 398 g/mol. The van der Waals surface area contributed by atoms with Gasteiger partial charge in [-0.1, -0.05) is 65.2 Å². The molecule has 0 aromatic rings. The van der Waals surface area contributed by atoms with E-state index in [-0.39, 0.29) is 11.7 Å². The smallest absolute Gasteiger partial charge is 0.239 e. The summed E-state index contributed by atoms with van der Waals surface area (Å²) >= 11 is 0. The molecule has 28 heavy (non-hydrogen) atoms. The molecule has 0 heterocycles. The summed E-state index contributed by atoms with van der Waals surface area (Å²) in [6, 6.07) is -1.17. The fraction of sp³-hybridized carbons (Fsp3) is 0.864. The van der Waals surface area contributed by atoms with Crippen molar-refractivity contribution in [3.63, 3.8) is 0 Å². The van der Waals surface area contributed by atoms with Gasteiger partial charge in [0, 0.05) is 12.8 Å². The number of nitrogens with two attached hydrogens (primary N) is 2. The van der Waals surface area contributed by atoms with Gasteiger partial charge in [0.2, 0.25) is 11.8 Å². The third kappa shape index (κ3) is 14.6. The standard InChI is InChI=1S/C22H43N3O3/c1-3-5-7-9-11-16-20(26)18(23)14-13-15-19(22(24)28)25-21(27)17-12-10-8-6-4-2/h18-19H,3-17,23H2,1-2H3,(H2,24,28)(H,25,27)/t18?,19-/m0/s1. The van der Waals surface area contributed by atoms with Crippen LogP contribution >= 0.6 is 0 Å². The topological polar surface area (TPSA) is 115 Å². The van der Waals surface area contributed by atoms with Gasteiger partial charge >= 0.3 is 0 Å². The Morgan fingerprint density at radius 2 is 1.29 bits per heavy atom. The van der Waals surface area contributed by atoms with Gasteiger partial charge < -0.3 is 16.8 Å². The normalized spacial score (nSPS) is 13.1. The van der Waals surface area contributed by atoms with Crippen molar-refractivity contribution in [2.24, 2.45) is 11.5 Å². The lowest BCUT2D eigenvalue weighted by Gasteiger charge is -2.17. The molecule has 0 saturated heterocycles. The Morgan fingerprint density at radius 3 is 1.82 bits per heavy atom. The summed E-state index contributed by atoms with van der Waals surface area (Å²) in [5, 5.41) is 2.72. The van der Waals surface area contributed by atoms with Gasteiger partial charge in [-0.15, -0.1) is 0 Å². The van der Waals surface area contributed by atoms with E-state index in [0.29, 0.717) is 32.1 Å². The molecule has 0 aliphatic heterocycles. The fourth-order valence-corrected chi connectivity index (χ4v) is 3.23. The zero-order valence-corrected chi connectivity index (χ0v) is 18.1. The lowest BCUT2D eigenvalue weighted by molar-refractivity contribution is -0.127. The average Bonchev–Trinajstić information content (AvgIpc) is 2.66. The molecule has 0 rings (SSSR count). The molecule has 5 N–H and O–H groups in total. The summed E-state index contributed by atoms with van der Waals surface area (Å²) in [4.78, 5) is 35.7. The minimum Gasteiger partial charge on any atom is -0.368 e. The summed E-state index contributed by atoms with van der Waals surface area (Å²) in [5.74, 6) is -0.578. The molecule has 1 unspecified atom stereocenters. The molecule has 6 nitrogen and oxygen atoms in total. The molecule has 6 heteroatoms. The first-order valence-electron chi connectivity index (χ1n) is 11.3. The van der Waals surface area contributed by atoms with Gasteiger partial charge in [-0.25, -0.2) is 0 Å². The number of hydrogen-bond acceptors (Lipinski definition) is 4.